The standard InChI is InChI=1S/C3H6FO4P/c1-8-9(4,7)2-3(5)6/h2H2,1H3,(H,5,6). The van der Waals surface area contributed by atoms with Gasteiger partial charge < -0.3 is 9.63 Å². The highest BCUT2D eigenvalue weighted by Crippen LogP contribution is 2.46. The monoisotopic (exact) mass is 156 g/mol. The highest BCUT2D eigenvalue weighted by atomic mass is 31.2. The first-order chi connectivity index (χ1) is 3.98. The zero-order valence-electron chi connectivity index (χ0n) is 4.70. The lowest BCUT2D eigenvalue weighted by molar-refractivity contribution is -0.134. The number of carbonyl (C=O) groups is 1. The number of hydrogen-bond acceptors (Lipinski definition) is 3. The molecule has 0 aliphatic rings. The number of carboxylic acid groups (broad SMARTS) is 1. The minimum Gasteiger partial charge on any atom is -0.481 e. The Morgan fingerprint density at radius 2 is 2.33 bits per heavy atom. The Kier molecular flexibility index (Phi) is 2.81. The summed E-state index contributed by atoms with van der Waals surface area (Å²) in [5.74, 6) is -1.47. The molecular weight excluding hydrogens is 150 g/mol. The largest absolute Gasteiger partial charge is 0.481 e. The van der Waals surface area contributed by atoms with Gasteiger partial charge in [0.25, 0.3) is 0 Å². The molecule has 1 N–H and O–H groups in total. The highest BCUT2D eigenvalue weighted by molar-refractivity contribution is 7.54. The second kappa shape index (κ2) is 2.94. The van der Waals surface area contributed by atoms with E-state index in [4.69, 9.17) is 5.11 Å². The number of rotatable bonds is 3. The first kappa shape index (κ1) is 8.59. The maximum absolute atomic E-state index is 12.0. The van der Waals surface area contributed by atoms with Crippen molar-refractivity contribution >= 4 is 13.6 Å². The minimum absolute atomic E-state index is 0.865. The van der Waals surface area contributed by atoms with Crippen LogP contribution in [0, 0.1) is 0 Å². The summed E-state index contributed by atoms with van der Waals surface area (Å²) in [6.45, 7) is 0. The molecule has 6 heteroatoms. The molecule has 0 bridgehead atoms. The van der Waals surface area contributed by atoms with Crippen LogP contribution in [0.4, 0.5) is 4.20 Å². The van der Waals surface area contributed by atoms with Gasteiger partial charge in [-0.25, -0.2) is 0 Å². The molecule has 0 saturated carbocycles. The van der Waals surface area contributed by atoms with Crippen molar-refractivity contribution in [3.05, 3.63) is 0 Å². The second-order valence-corrected chi connectivity index (χ2v) is 3.19. The van der Waals surface area contributed by atoms with Gasteiger partial charge in [0, 0.05) is 7.11 Å². The quantitative estimate of drug-likeness (QED) is 0.616. The first-order valence-electron chi connectivity index (χ1n) is 2.04. The maximum Gasteiger partial charge on any atom is 0.378 e. The van der Waals surface area contributed by atoms with Crippen molar-refractivity contribution < 1.29 is 23.2 Å². The fraction of sp³-hybridized carbons (Fsp3) is 0.667. The molecule has 9 heavy (non-hydrogen) atoms. The molecule has 0 aliphatic heterocycles. The van der Waals surface area contributed by atoms with Crippen LogP contribution in [0.5, 0.6) is 0 Å². The fourth-order valence-electron chi connectivity index (χ4n) is 0.226. The van der Waals surface area contributed by atoms with E-state index < -0.39 is 19.8 Å². The Hall–Kier alpha value is -0.410. The number of hydrogen-bond donors (Lipinski definition) is 1. The second-order valence-electron chi connectivity index (χ2n) is 1.32. The summed E-state index contributed by atoms with van der Waals surface area (Å²) in [5.41, 5.74) is 0. The Morgan fingerprint density at radius 3 is 2.44 bits per heavy atom. The summed E-state index contributed by atoms with van der Waals surface area (Å²) in [6, 6.07) is 0. The summed E-state index contributed by atoms with van der Waals surface area (Å²) in [6.07, 6.45) is -1.07. The third kappa shape index (κ3) is 4.12. The van der Waals surface area contributed by atoms with Gasteiger partial charge in [-0.2, -0.15) is 4.20 Å². The van der Waals surface area contributed by atoms with E-state index in [1.165, 1.54) is 0 Å². The van der Waals surface area contributed by atoms with Crippen LogP contribution in [0.15, 0.2) is 0 Å². The predicted octanol–water partition coefficient (Wildman–Crippen LogP) is 0.880. The van der Waals surface area contributed by atoms with Crippen LogP contribution in [-0.2, 0) is 13.9 Å². The van der Waals surface area contributed by atoms with Gasteiger partial charge in [0.2, 0.25) is 0 Å². The molecule has 0 aromatic rings. The normalized spacial score (nSPS) is 16.7. The fourth-order valence-corrected chi connectivity index (χ4v) is 0.678. The van der Waals surface area contributed by atoms with Crippen molar-refractivity contribution in [3.8, 4) is 0 Å². The Bertz CT molecular complexity index is 156. The van der Waals surface area contributed by atoms with E-state index >= 15 is 0 Å². The Morgan fingerprint density at radius 1 is 1.89 bits per heavy atom. The highest BCUT2D eigenvalue weighted by Gasteiger charge is 2.23. The van der Waals surface area contributed by atoms with Crippen LogP contribution in [-0.4, -0.2) is 24.3 Å². The van der Waals surface area contributed by atoms with Crippen molar-refractivity contribution in [3.63, 3.8) is 0 Å². The van der Waals surface area contributed by atoms with E-state index in [-0.39, 0.29) is 0 Å². The van der Waals surface area contributed by atoms with E-state index in [9.17, 15) is 13.6 Å². The molecule has 0 aromatic carbocycles. The van der Waals surface area contributed by atoms with Crippen molar-refractivity contribution in [2.24, 2.45) is 0 Å². The molecule has 4 nitrogen and oxygen atoms in total. The zero-order valence-corrected chi connectivity index (χ0v) is 5.60. The Labute approximate surface area is 51.2 Å². The van der Waals surface area contributed by atoms with Crippen molar-refractivity contribution in [1.82, 2.24) is 0 Å². The maximum atomic E-state index is 12.0. The van der Waals surface area contributed by atoms with Gasteiger partial charge in [0.05, 0.1) is 0 Å². The first-order valence-corrected chi connectivity index (χ1v) is 3.74. The van der Waals surface area contributed by atoms with Crippen LogP contribution in [0.3, 0.4) is 0 Å². The van der Waals surface area contributed by atoms with Gasteiger partial charge >= 0.3 is 13.6 Å². The third-order valence-corrected chi connectivity index (χ3v) is 1.79. The third-order valence-electron chi connectivity index (χ3n) is 0.597. The van der Waals surface area contributed by atoms with Crippen LogP contribution in [0.1, 0.15) is 0 Å². The van der Waals surface area contributed by atoms with E-state index in [1.807, 2.05) is 0 Å². The molecule has 0 saturated heterocycles. The average Bonchev–Trinajstić information content (AvgIpc) is 1.63. The van der Waals surface area contributed by atoms with Gasteiger partial charge in [-0.15, -0.1) is 0 Å². The average molecular weight is 156 g/mol. The van der Waals surface area contributed by atoms with Gasteiger partial charge in [0.1, 0.15) is 0 Å². The number of carboxylic acids is 1. The smallest absolute Gasteiger partial charge is 0.378 e. The van der Waals surface area contributed by atoms with Gasteiger partial charge in [-0.05, 0) is 0 Å². The molecule has 0 radical (unpaired) electrons. The summed E-state index contributed by atoms with van der Waals surface area (Å²) < 4.78 is 25.9. The number of aliphatic carboxylic acids is 1. The van der Waals surface area contributed by atoms with Crippen molar-refractivity contribution in [2.75, 3.05) is 13.3 Å². The molecule has 0 heterocycles. The molecular formula is C3H6FO4P. The van der Waals surface area contributed by atoms with Crippen molar-refractivity contribution in [1.29, 1.82) is 0 Å². The van der Waals surface area contributed by atoms with Gasteiger partial charge in [-0.1, -0.05) is 0 Å². The molecule has 0 rings (SSSR count). The van der Waals surface area contributed by atoms with Gasteiger partial charge in [-0.3, -0.25) is 9.36 Å². The minimum atomic E-state index is -4.33. The Balaban J connectivity index is 3.88. The molecule has 0 aromatic heterocycles. The van der Waals surface area contributed by atoms with Crippen molar-refractivity contribution in [2.45, 2.75) is 0 Å². The lowest BCUT2D eigenvalue weighted by Crippen LogP contribution is -2.01. The van der Waals surface area contributed by atoms with Gasteiger partial charge in [0.15, 0.2) is 6.16 Å². The molecule has 1 unspecified atom stereocenters. The van der Waals surface area contributed by atoms with E-state index in [0.717, 1.165) is 7.11 Å². The van der Waals surface area contributed by atoms with E-state index in [1.54, 1.807) is 0 Å². The van der Waals surface area contributed by atoms with Crippen LogP contribution < -0.4 is 0 Å². The molecule has 0 fully saturated rings. The van der Waals surface area contributed by atoms with E-state index in [0.29, 0.717) is 0 Å². The molecule has 54 valence electrons. The molecule has 0 spiro atoms. The van der Waals surface area contributed by atoms with Crippen LogP contribution in [0.2, 0.25) is 0 Å². The molecule has 0 aliphatic carbocycles. The lowest BCUT2D eigenvalue weighted by atomic mass is 10.8. The summed E-state index contributed by atoms with van der Waals surface area (Å²) >= 11 is 0. The van der Waals surface area contributed by atoms with Crippen LogP contribution >= 0.6 is 7.68 Å². The predicted molar refractivity (Wildman–Crippen MR) is 28.2 cm³/mol. The summed E-state index contributed by atoms with van der Waals surface area (Å²) in [4.78, 5) is 9.68. The SMILES string of the molecule is COP(=O)(F)CC(=O)O. The number of halogens is 1. The topological polar surface area (TPSA) is 63.6 Å². The molecule has 0 amide bonds. The zero-order chi connectivity index (χ0) is 7.49. The van der Waals surface area contributed by atoms with Crippen LogP contribution in [0.25, 0.3) is 0 Å². The van der Waals surface area contributed by atoms with E-state index in [2.05, 4.69) is 4.52 Å². The lowest BCUT2D eigenvalue weighted by Gasteiger charge is -1.99. The summed E-state index contributed by atoms with van der Waals surface area (Å²) in [5, 5.41) is 7.89. The summed E-state index contributed by atoms with van der Waals surface area (Å²) in [7, 11) is -3.46. The molecule has 1 atom stereocenters.